The quantitative estimate of drug-likeness (QED) is 0.685. The molecule has 12 heavy (non-hydrogen) atoms. The summed E-state index contributed by atoms with van der Waals surface area (Å²) < 4.78 is 5.13. The molecule has 4 heteroatoms. The van der Waals surface area contributed by atoms with E-state index in [1.807, 2.05) is 6.07 Å². The molecule has 0 fully saturated rings. The van der Waals surface area contributed by atoms with E-state index in [4.69, 9.17) is 10.2 Å². The van der Waals surface area contributed by atoms with Crippen LogP contribution in [-0.2, 0) is 0 Å². The van der Waals surface area contributed by atoms with E-state index >= 15 is 0 Å². The molecular formula is C8H7N3O. The van der Waals surface area contributed by atoms with E-state index in [0.717, 1.165) is 0 Å². The molecule has 0 amide bonds. The number of nitrogens with zero attached hydrogens (tertiary/aromatic N) is 2. The number of hydrogen-bond donors (Lipinski definition) is 1. The first kappa shape index (κ1) is 6.84. The van der Waals surface area contributed by atoms with Gasteiger partial charge < -0.3 is 10.2 Å². The molecular weight excluding hydrogens is 154 g/mol. The van der Waals surface area contributed by atoms with Crippen LogP contribution < -0.4 is 5.73 Å². The van der Waals surface area contributed by atoms with Crippen LogP contribution in [0.3, 0.4) is 0 Å². The highest BCUT2D eigenvalue weighted by Crippen LogP contribution is 2.17. The maximum Gasteiger partial charge on any atom is 0.152 e. The Kier molecular flexibility index (Phi) is 1.51. The molecule has 2 aromatic heterocycles. The molecule has 0 bridgehead atoms. The minimum absolute atomic E-state index is 0.441. The van der Waals surface area contributed by atoms with Crippen molar-refractivity contribution < 1.29 is 4.42 Å². The van der Waals surface area contributed by atoms with Crippen LogP contribution in [0.5, 0.6) is 0 Å². The van der Waals surface area contributed by atoms with Gasteiger partial charge in [-0.2, -0.15) is 0 Å². The van der Waals surface area contributed by atoms with E-state index in [0.29, 0.717) is 17.3 Å². The zero-order chi connectivity index (χ0) is 8.39. The van der Waals surface area contributed by atoms with Crippen LogP contribution in [0.1, 0.15) is 0 Å². The molecule has 60 valence electrons. The van der Waals surface area contributed by atoms with E-state index in [2.05, 4.69) is 9.97 Å². The fourth-order valence-corrected chi connectivity index (χ4v) is 0.931. The maximum atomic E-state index is 5.47. The Hall–Kier alpha value is -1.84. The van der Waals surface area contributed by atoms with Crippen molar-refractivity contribution in [2.75, 3.05) is 5.73 Å². The Morgan fingerprint density at radius 2 is 2.25 bits per heavy atom. The smallest absolute Gasteiger partial charge is 0.152 e. The summed E-state index contributed by atoms with van der Waals surface area (Å²) in [6.07, 6.45) is 3.00. The molecule has 0 unspecified atom stereocenters. The molecule has 0 saturated heterocycles. The van der Waals surface area contributed by atoms with Crippen LogP contribution in [0.2, 0.25) is 0 Å². The molecule has 0 aliphatic rings. The van der Waals surface area contributed by atoms with E-state index in [1.165, 1.54) is 6.33 Å². The average Bonchev–Trinajstić information content (AvgIpc) is 2.56. The molecule has 2 rings (SSSR count). The monoisotopic (exact) mass is 161 g/mol. The summed E-state index contributed by atoms with van der Waals surface area (Å²) in [5, 5.41) is 0. The predicted molar refractivity (Wildman–Crippen MR) is 44.1 cm³/mol. The second kappa shape index (κ2) is 2.65. The van der Waals surface area contributed by atoms with Crippen LogP contribution in [0.4, 0.5) is 5.82 Å². The van der Waals surface area contributed by atoms with Crippen LogP contribution in [0.25, 0.3) is 11.5 Å². The van der Waals surface area contributed by atoms with Gasteiger partial charge in [0.1, 0.15) is 17.8 Å². The topological polar surface area (TPSA) is 64.9 Å². The standard InChI is InChI=1S/C8H7N3O/c9-8-4-6(10-5-11-8)7-2-1-3-12-7/h1-5H,(H2,9,10,11). The molecule has 0 spiro atoms. The van der Waals surface area contributed by atoms with Gasteiger partial charge in [0.05, 0.1) is 6.26 Å². The van der Waals surface area contributed by atoms with Crippen molar-refractivity contribution in [2.24, 2.45) is 0 Å². The molecule has 2 heterocycles. The third-order valence-electron chi connectivity index (χ3n) is 1.46. The second-order valence-corrected chi connectivity index (χ2v) is 2.31. The Balaban J connectivity index is 2.48. The van der Waals surface area contributed by atoms with E-state index in [1.54, 1.807) is 18.4 Å². The lowest BCUT2D eigenvalue weighted by atomic mass is 10.3. The molecule has 0 aromatic carbocycles. The van der Waals surface area contributed by atoms with Gasteiger partial charge in [-0.3, -0.25) is 0 Å². The lowest BCUT2D eigenvalue weighted by Gasteiger charge is -1.95. The third-order valence-corrected chi connectivity index (χ3v) is 1.46. The fourth-order valence-electron chi connectivity index (χ4n) is 0.931. The zero-order valence-electron chi connectivity index (χ0n) is 6.27. The highest BCUT2D eigenvalue weighted by Gasteiger charge is 2.01. The third kappa shape index (κ3) is 1.14. The lowest BCUT2D eigenvalue weighted by Crippen LogP contribution is -1.91. The van der Waals surface area contributed by atoms with Crippen LogP contribution in [0.15, 0.2) is 35.2 Å². The van der Waals surface area contributed by atoms with Gasteiger partial charge in [-0.15, -0.1) is 0 Å². The summed E-state index contributed by atoms with van der Waals surface area (Å²) in [5.41, 5.74) is 6.17. The predicted octanol–water partition coefficient (Wildman–Crippen LogP) is 1.32. The Bertz CT molecular complexity index is 370. The Labute approximate surface area is 69.1 Å². The molecule has 2 aromatic rings. The number of aromatic nitrogens is 2. The van der Waals surface area contributed by atoms with Gasteiger partial charge in [-0.05, 0) is 12.1 Å². The largest absolute Gasteiger partial charge is 0.463 e. The van der Waals surface area contributed by atoms with Gasteiger partial charge in [0.2, 0.25) is 0 Å². The van der Waals surface area contributed by atoms with Gasteiger partial charge in [0.25, 0.3) is 0 Å². The maximum absolute atomic E-state index is 5.47. The van der Waals surface area contributed by atoms with Crippen LogP contribution >= 0.6 is 0 Å². The van der Waals surface area contributed by atoms with Crippen molar-refractivity contribution in [1.29, 1.82) is 0 Å². The first-order valence-electron chi connectivity index (χ1n) is 3.47. The average molecular weight is 161 g/mol. The van der Waals surface area contributed by atoms with Gasteiger partial charge in [-0.25, -0.2) is 9.97 Å². The van der Waals surface area contributed by atoms with Crippen molar-refractivity contribution in [3.8, 4) is 11.5 Å². The van der Waals surface area contributed by atoms with E-state index in [9.17, 15) is 0 Å². The van der Waals surface area contributed by atoms with Gasteiger partial charge in [0.15, 0.2) is 5.76 Å². The zero-order valence-corrected chi connectivity index (χ0v) is 6.27. The van der Waals surface area contributed by atoms with Crippen molar-refractivity contribution in [2.45, 2.75) is 0 Å². The van der Waals surface area contributed by atoms with Crippen LogP contribution in [-0.4, -0.2) is 9.97 Å². The van der Waals surface area contributed by atoms with E-state index < -0.39 is 0 Å². The molecule has 4 nitrogen and oxygen atoms in total. The van der Waals surface area contributed by atoms with E-state index in [-0.39, 0.29) is 0 Å². The minimum Gasteiger partial charge on any atom is -0.463 e. The first-order valence-corrected chi connectivity index (χ1v) is 3.47. The molecule has 0 atom stereocenters. The number of rotatable bonds is 1. The Morgan fingerprint density at radius 1 is 1.33 bits per heavy atom. The fraction of sp³-hybridized carbons (Fsp3) is 0. The molecule has 0 aliphatic heterocycles. The van der Waals surface area contributed by atoms with Gasteiger partial charge >= 0.3 is 0 Å². The number of nitrogens with two attached hydrogens (primary N) is 1. The normalized spacial score (nSPS) is 10.0. The molecule has 2 N–H and O–H groups in total. The number of anilines is 1. The molecule has 0 saturated carbocycles. The number of hydrogen-bond acceptors (Lipinski definition) is 4. The summed E-state index contributed by atoms with van der Waals surface area (Å²) >= 11 is 0. The highest BCUT2D eigenvalue weighted by molar-refractivity contribution is 5.54. The lowest BCUT2D eigenvalue weighted by molar-refractivity contribution is 0.580. The van der Waals surface area contributed by atoms with Crippen molar-refractivity contribution in [3.63, 3.8) is 0 Å². The summed E-state index contributed by atoms with van der Waals surface area (Å²) in [4.78, 5) is 7.77. The first-order chi connectivity index (χ1) is 5.86. The number of nitrogen functional groups attached to an aromatic ring is 1. The van der Waals surface area contributed by atoms with Gasteiger partial charge in [-0.1, -0.05) is 0 Å². The Morgan fingerprint density at radius 3 is 2.92 bits per heavy atom. The van der Waals surface area contributed by atoms with Crippen LogP contribution in [0, 0.1) is 0 Å². The van der Waals surface area contributed by atoms with Crippen molar-refractivity contribution >= 4 is 5.82 Å². The number of furan rings is 1. The summed E-state index contributed by atoms with van der Waals surface area (Å²) in [6.45, 7) is 0. The highest BCUT2D eigenvalue weighted by atomic mass is 16.3. The SMILES string of the molecule is Nc1cc(-c2ccco2)ncn1. The molecule has 0 aliphatic carbocycles. The second-order valence-electron chi connectivity index (χ2n) is 2.31. The van der Waals surface area contributed by atoms with Gasteiger partial charge in [0, 0.05) is 6.07 Å². The van der Waals surface area contributed by atoms with Crippen molar-refractivity contribution in [1.82, 2.24) is 9.97 Å². The summed E-state index contributed by atoms with van der Waals surface area (Å²) in [6, 6.07) is 5.29. The molecule has 0 radical (unpaired) electrons. The van der Waals surface area contributed by atoms with Crippen molar-refractivity contribution in [3.05, 3.63) is 30.8 Å². The summed E-state index contributed by atoms with van der Waals surface area (Å²) in [7, 11) is 0. The summed E-state index contributed by atoms with van der Waals surface area (Å²) in [5.74, 6) is 1.14. The minimum atomic E-state index is 0.441.